The second-order valence-corrected chi connectivity index (χ2v) is 6.16. The van der Waals surface area contributed by atoms with Crippen molar-refractivity contribution < 1.29 is 4.79 Å². The summed E-state index contributed by atoms with van der Waals surface area (Å²) in [7, 11) is 1.84. The Morgan fingerprint density at radius 1 is 1.29 bits per heavy atom. The molecule has 21 heavy (non-hydrogen) atoms. The molecule has 0 unspecified atom stereocenters. The van der Waals surface area contributed by atoms with Gasteiger partial charge in [-0.15, -0.1) is 0 Å². The Morgan fingerprint density at radius 3 is 2.90 bits per heavy atom. The number of carbonyl (C=O) groups is 1. The number of hydrogen-bond donors (Lipinski definition) is 1. The molecular weight excluding hydrogens is 328 g/mol. The average molecular weight is 345 g/mol. The van der Waals surface area contributed by atoms with Gasteiger partial charge in [-0.3, -0.25) is 4.79 Å². The quantitative estimate of drug-likeness (QED) is 0.920. The van der Waals surface area contributed by atoms with Gasteiger partial charge in [0.1, 0.15) is 0 Å². The summed E-state index contributed by atoms with van der Waals surface area (Å²) < 4.78 is 1.03. The molecule has 0 atom stereocenters. The smallest absolute Gasteiger partial charge is 0.253 e. The molecule has 0 saturated carbocycles. The lowest BCUT2D eigenvalue weighted by molar-refractivity contribution is 0.0785. The van der Waals surface area contributed by atoms with Gasteiger partial charge in [0, 0.05) is 35.9 Å². The van der Waals surface area contributed by atoms with E-state index in [9.17, 15) is 4.79 Å². The number of hydrogen-bond acceptors (Lipinski definition) is 2. The van der Waals surface area contributed by atoms with Crippen molar-refractivity contribution in [2.45, 2.75) is 13.0 Å². The molecular formula is C17H17BrN2O. The molecule has 0 aliphatic carbocycles. The Kier molecular flexibility index (Phi) is 3.97. The van der Waals surface area contributed by atoms with Crippen LogP contribution in [0.5, 0.6) is 0 Å². The molecule has 2 aromatic rings. The number of nitrogens with one attached hydrogen (secondary N) is 1. The second kappa shape index (κ2) is 5.90. The van der Waals surface area contributed by atoms with E-state index in [2.05, 4.69) is 27.3 Å². The van der Waals surface area contributed by atoms with Crippen LogP contribution in [0.3, 0.4) is 0 Å². The monoisotopic (exact) mass is 344 g/mol. The molecule has 1 aliphatic rings. The van der Waals surface area contributed by atoms with Crippen LogP contribution in [0.1, 0.15) is 21.5 Å². The van der Waals surface area contributed by atoms with Gasteiger partial charge in [0.05, 0.1) is 0 Å². The van der Waals surface area contributed by atoms with Gasteiger partial charge >= 0.3 is 0 Å². The lowest BCUT2D eigenvalue weighted by Crippen LogP contribution is -2.26. The Balaban J connectivity index is 1.77. The number of rotatable bonds is 3. The Bertz CT molecular complexity index is 684. The maximum absolute atomic E-state index is 12.5. The fraction of sp³-hybridized carbons (Fsp3) is 0.235. The van der Waals surface area contributed by atoms with Gasteiger partial charge in [0.2, 0.25) is 0 Å². The Labute approximate surface area is 133 Å². The number of anilines is 1. The third kappa shape index (κ3) is 2.95. The van der Waals surface area contributed by atoms with Crippen molar-refractivity contribution in [3.63, 3.8) is 0 Å². The third-order valence-corrected chi connectivity index (χ3v) is 4.55. The van der Waals surface area contributed by atoms with Crippen LogP contribution in [-0.4, -0.2) is 24.4 Å². The number of halogens is 1. The summed E-state index contributed by atoms with van der Waals surface area (Å²) in [6, 6.07) is 13.9. The van der Waals surface area contributed by atoms with E-state index in [0.29, 0.717) is 6.54 Å². The predicted molar refractivity (Wildman–Crippen MR) is 88.6 cm³/mol. The first-order valence-electron chi connectivity index (χ1n) is 7.01. The molecule has 0 spiro atoms. The second-order valence-electron chi connectivity index (χ2n) is 5.30. The number of nitrogens with zero attached hydrogens (tertiary/aromatic N) is 1. The molecule has 3 rings (SSSR count). The number of fused-ring (bicyclic) bond motifs is 1. The summed E-state index contributed by atoms with van der Waals surface area (Å²) in [5, 5.41) is 3.31. The maximum atomic E-state index is 12.5. The van der Waals surface area contributed by atoms with Crippen LogP contribution in [0.4, 0.5) is 5.69 Å². The largest absolute Gasteiger partial charge is 0.384 e. The molecule has 3 nitrogen and oxygen atoms in total. The average Bonchev–Trinajstić information content (AvgIpc) is 2.96. The van der Waals surface area contributed by atoms with E-state index in [-0.39, 0.29) is 5.91 Å². The van der Waals surface area contributed by atoms with Gasteiger partial charge in [-0.2, -0.15) is 0 Å². The Morgan fingerprint density at radius 2 is 2.10 bits per heavy atom. The minimum atomic E-state index is 0.0438. The molecule has 108 valence electrons. The van der Waals surface area contributed by atoms with Crippen LogP contribution in [0, 0.1) is 0 Å². The zero-order valence-electron chi connectivity index (χ0n) is 11.9. The van der Waals surface area contributed by atoms with Crippen molar-refractivity contribution in [2.75, 3.05) is 18.9 Å². The van der Waals surface area contributed by atoms with Crippen LogP contribution in [0.15, 0.2) is 46.9 Å². The van der Waals surface area contributed by atoms with Gasteiger partial charge in [-0.25, -0.2) is 0 Å². The summed E-state index contributed by atoms with van der Waals surface area (Å²) >= 11 is 3.52. The molecule has 0 bridgehead atoms. The minimum absolute atomic E-state index is 0.0438. The van der Waals surface area contributed by atoms with Crippen molar-refractivity contribution in [1.29, 1.82) is 0 Å². The zero-order valence-corrected chi connectivity index (χ0v) is 13.5. The fourth-order valence-electron chi connectivity index (χ4n) is 2.60. The molecule has 1 amide bonds. The van der Waals surface area contributed by atoms with Crippen LogP contribution in [0.2, 0.25) is 0 Å². The number of carbonyl (C=O) groups excluding carboxylic acids is 1. The van der Waals surface area contributed by atoms with Crippen LogP contribution in [-0.2, 0) is 13.0 Å². The van der Waals surface area contributed by atoms with Crippen LogP contribution in [0.25, 0.3) is 0 Å². The summed E-state index contributed by atoms with van der Waals surface area (Å²) in [6.07, 6.45) is 1.04. The van der Waals surface area contributed by atoms with Crippen molar-refractivity contribution in [2.24, 2.45) is 0 Å². The lowest BCUT2D eigenvalue weighted by atomic mass is 10.1. The highest BCUT2D eigenvalue weighted by molar-refractivity contribution is 9.10. The molecule has 2 aromatic carbocycles. The molecule has 1 N–H and O–H groups in total. The van der Waals surface area contributed by atoms with Gasteiger partial charge in [0.15, 0.2) is 0 Å². The van der Waals surface area contributed by atoms with Gasteiger partial charge in [-0.1, -0.05) is 40.2 Å². The minimum Gasteiger partial charge on any atom is -0.384 e. The van der Waals surface area contributed by atoms with Crippen LogP contribution < -0.4 is 5.32 Å². The van der Waals surface area contributed by atoms with E-state index in [1.807, 2.05) is 43.4 Å². The highest BCUT2D eigenvalue weighted by atomic mass is 79.9. The fourth-order valence-corrected chi connectivity index (χ4v) is 3.01. The van der Waals surface area contributed by atoms with E-state index in [4.69, 9.17) is 0 Å². The van der Waals surface area contributed by atoms with Gasteiger partial charge in [-0.05, 0) is 35.7 Å². The molecule has 0 aromatic heterocycles. The molecule has 0 saturated heterocycles. The highest BCUT2D eigenvalue weighted by Crippen LogP contribution is 2.24. The number of benzene rings is 2. The molecule has 1 heterocycles. The van der Waals surface area contributed by atoms with Gasteiger partial charge < -0.3 is 10.2 Å². The third-order valence-electron chi connectivity index (χ3n) is 3.78. The number of amides is 1. The van der Waals surface area contributed by atoms with Crippen LogP contribution >= 0.6 is 15.9 Å². The van der Waals surface area contributed by atoms with Crippen molar-refractivity contribution >= 4 is 27.5 Å². The van der Waals surface area contributed by atoms with E-state index in [1.54, 1.807) is 4.90 Å². The summed E-state index contributed by atoms with van der Waals surface area (Å²) in [5.41, 5.74) is 4.22. The van der Waals surface area contributed by atoms with Crippen molar-refractivity contribution in [3.05, 3.63) is 63.6 Å². The SMILES string of the molecule is CN(Cc1ccccc1Br)C(=O)c1ccc2c(c1)NCC2. The van der Waals surface area contributed by atoms with E-state index >= 15 is 0 Å². The molecule has 4 heteroatoms. The standard InChI is InChI=1S/C17H17BrN2O/c1-20(11-14-4-2-3-5-15(14)18)17(21)13-7-6-12-8-9-19-16(12)10-13/h2-7,10,19H,8-9,11H2,1H3. The summed E-state index contributed by atoms with van der Waals surface area (Å²) in [5.74, 6) is 0.0438. The first-order valence-corrected chi connectivity index (χ1v) is 7.80. The first kappa shape index (κ1) is 14.1. The van der Waals surface area contributed by atoms with Crippen molar-refractivity contribution in [3.8, 4) is 0 Å². The molecule has 1 aliphatic heterocycles. The molecule has 0 fully saturated rings. The summed E-state index contributed by atoms with van der Waals surface area (Å²) in [6.45, 7) is 1.55. The maximum Gasteiger partial charge on any atom is 0.253 e. The lowest BCUT2D eigenvalue weighted by Gasteiger charge is -2.18. The van der Waals surface area contributed by atoms with Crippen molar-refractivity contribution in [1.82, 2.24) is 4.90 Å². The first-order chi connectivity index (χ1) is 10.1. The summed E-state index contributed by atoms with van der Waals surface area (Å²) in [4.78, 5) is 14.3. The topological polar surface area (TPSA) is 32.3 Å². The Hall–Kier alpha value is -1.81. The highest BCUT2D eigenvalue weighted by Gasteiger charge is 2.16. The predicted octanol–water partition coefficient (Wildman–Crippen LogP) is 3.69. The normalized spacial score (nSPS) is 12.7. The van der Waals surface area contributed by atoms with E-state index in [1.165, 1.54) is 5.56 Å². The van der Waals surface area contributed by atoms with Gasteiger partial charge in [0.25, 0.3) is 5.91 Å². The zero-order chi connectivity index (χ0) is 14.8. The van der Waals surface area contributed by atoms with E-state index in [0.717, 1.165) is 34.3 Å². The van der Waals surface area contributed by atoms with E-state index < -0.39 is 0 Å². The molecule has 0 radical (unpaired) electrons.